The molecule has 0 radical (unpaired) electrons. The third-order valence-electron chi connectivity index (χ3n) is 5.13. The van der Waals surface area contributed by atoms with E-state index in [0.29, 0.717) is 12.2 Å². The summed E-state index contributed by atoms with van der Waals surface area (Å²) in [5.41, 5.74) is 4.57. The van der Waals surface area contributed by atoms with Gasteiger partial charge in [-0.15, -0.1) is 0 Å². The Morgan fingerprint density at radius 3 is 2.28 bits per heavy atom. The van der Waals surface area contributed by atoms with Crippen LogP contribution < -0.4 is 5.32 Å². The number of fused-ring (bicyclic) bond motifs is 3. The van der Waals surface area contributed by atoms with E-state index in [9.17, 15) is 14.7 Å². The molecule has 0 saturated carbocycles. The molecule has 154 valence electrons. The summed E-state index contributed by atoms with van der Waals surface area (Å²) in [6.45, 7) is 2.30. The van der Waals surface area contributed by atoms with Crippen LogP contribution >= 0.6 is 11.8 Å². The number of carboxylic acid groups (broad SMARTS) is 1. The zero-order valence-electron chi connectivity index (χ0n) is 16.6. The maximum Gasteiger partial charge on any atom is 0.407 e. The van der Waals surface area contributed by atoms with Crippen LogP contribution in [0, 0.1) is 0 Å². The summed E-state index contributed by atoms with van der Waals surface area (Å²) in [4.78, 5) is 23.7. The molecule has 2 N–H and O–H groups in total. The van der Waals surface area contributed by atoms with Crippen LogP contribution in [0.5, 0.6) is 0 Å². The smallest absolute Gasteiger partial charge is 0.407 e. The lowest BCUT2D eigenvalue weighted by atomic mass is 9.98. The van der Waals surface area contributed by atoms with Crippen molar-refractivity contribution < 1.29 is 19.4 Å². The number of hydrogen-bond acceptors (Lipinski definition) is 4. The minimum absolute atomic E-state index is 0.0407. The minimum Gasteiger partial charge on any atom is -0.480 e. The van der Waals surface area contributed by atoms with Crippen molar-refractivity contribution in [2.24, 2.45) is 0 Å². The van der Waals surface area contributed by atoms with Gasteiger partial charge < -0.3 is 15.2 Å². The number of carbonyl (C=O) groups is 2. The predicted molar refractivity (Wildman–Crippen MR) is 116 cm³/mol. The first-order valence-electron chi connectivity index (χ1n) is 10.0. The van der Waals surface area contributed by atoms with Crippen molar-refractivity contribution in [3.63, 3.8) is 0 Å². The quantitative estimate of drug-likeness (QED) is 0.542. The Morgan fingerprint density at radius 1 is 1.07 bits per heavy atom. The highest BCUT2D eigenvalue weighted by atomic mass is 32.2. The largest absolute Gasteiger partial charge is 0.480 e. The molecule has 5 nitrogen and oxygen atoms in total. The Morgan fingerprint density at radius 2 is 1.69 bits per heavy atom. The summed E-state index contributed by atoms with van der Waals surface area (Å²) in [5, 5.41) is 11.9. The average Bonchev–Trinajstić information content (AvgIpc) is 3.05. The molecule has 2 aromatic carbocycles. The standard InChI is InChI=1S/C23H27NO4S/c1-2-3-13-29-14-12-21(22(25)26)24-23(27)28-15-20-18-10-6-4-8-16(18)17-9-5-7-11-19(17)20/h4-11,20-21H,2-3,12-15H2,1H3,(H,24,27)(H,25,26). The van der Waals surface area contributed by atoms with Gasteiger partial charge in [-0.2, -0.15) is 11.8 Å². The number of carboxylic acids is 1. The summed E-state index contributed by atoms with van der Waals surface area (Å²) < 4.78 is 5.45. The van der Waals surface area contributed by atoms with Gasteiger partial charge in [0.2, 0.25) is 0 Å². The zero-order chi connectivity index (χ0) is 20.6. The van der Waals surface area contributed by atoms with Crippen molar-refractivity contribution >= 4 is 23.8 Å². The molecule has 0 aliphatic heterocycles. The Bertz CT molecular complexity index is 809. The van der Waals surface area contributed by atoms with E-state index in [4.69, 9.17) is 4.74 Å². The maximum absolute atomic E-state index is 12.3. The maximum atomic E-state index is 12.3. The van der Waals surface area contributed by atoms with Crippen molar-refractivity contribution in [3.8, 4) is 11.1 Å². The van der Waals surface area contributed by atoms with E-state index in [1.165, 1.54) is 0 Å². The first-order valence-corrected chi connectivity index (χ1v) is 11.2. The van der Waals surface area contributed by atoms with E-state index in [0.717, 1.165) is 40.8 Å². The van der Waals surface area contributed by atoms with E-state index >= 15 is 0 Å². The number of nitrogens with one attached hydrogen (secondary N) is 1. The SMILES string of the molecule is CCCCSCCC(NC(=O)OCC1c2ccccc2-c2ccccc21)C(=O)O. The summed E-state index contributed by atoms with van der Waals surface area (Å²) in [7, 11) is 0. The van der Waals surface area contributed by atoms with E-state index in [-0.39, 0.29) is 12.5 Å². The topological polar surface area (TPSA) is 75.6 Å². The van der Waals surface area contributed by atoms with Crippen LogP contribution in [0.1, 0.15) is 43.2 Å². The van der Waals surface area contributed by atoms with Gasteiger partial charge in [0.05, 0.1) is 0 Å². The average molecular weight is 414 g/mol. The predicted octanol–water partition coefficient (Wildman–Crippen LogP) is 4.90. The Hall–Kier alpha value is -2.47. The van der Waals surface area contributed by atoms with Crippen molar-refractivity contribution in [1.29, 1.82) is 0 Å². The highest BCUT2D eigenvalue weighted by Gasteiger charge is 2.29. The normalized spacial score (nSPS) is 13.4. The molecular formula is C23H27NO4S. The number of thioether (sulfide) groups is 1. The van der Waals surface area contributed by atoms with Crippen molar-refractivity contribution in [1.82, 2.24) is 5.32 Å². The molecule has 6 heteroatoms. The van der Waals surface area contributed by atoms with Gasteiger partial charge in [0.1, 0.15) is 12.6 Å². The number of benzene rings is 2. The van der Waals surface area contributed by atoms with Crippen LogP contribution in [-0.2, 0) is 9.53 Å². The molecule has 1 aliphatic carbocycles. The lowest BCUT2D eigenvalue weighted by molar-refractivity contribution is -0.139. The van der Waals surface area contributed by atoms with Crippen LogP contribution in [0.2, 0.25) is 0 Å². The van der Waals surface area contributed by atoms with Crippen molar-refractivity contribution in [3.05, 3.63) is 59.7 Å². The van der Waals surface area contributed by atoms with Gasteiger partial charge in [0, 0.05) is 5.92 Å². The monoisotopic (exact) mass is 413 g/mol. The van der Waals surface area contributed by atoms with Crippen molar-refractivity contribution in [2.75, 3.05) is 18.1 Å². The van der Waals surface area contributed by atoms with E-state index < -0.39 is 18.1 Å². The molecule has 1 aliphatic rings. The van der Waals surface area contributed by atoms with Crippen LogP contribution in [0.15, 0.2) is 48.5 Å². The summed E-state index contributed by atoms with van der Waals surface area (Å²) in [6, 6.07) is 15.3. The molecule has 1 atom stereocenters. The number of alkyl carbamates (subject to hydrolysis) is 1. The fraction of sp³-hybridized carbons (Fsp3) is 0.391. The van der Waals surface area contributed by atoms with Crippen molar-refractivity contribution in [2.45, 2.75) is 38.1 Å². The second-order valence-electron chi connectivity index (χ2n) is 7.12. The van der Waals surface area contributed by atoms with Crippen LogP contribution in [0.25, 0.3) is 11.1 Å². The highest BCUT2D eigenvalue weighted by Crippen LogP contribution is 2.44. The van der Waals surface area contributed by atoms with Gasteiger partial charge in [-0.25, -0.2) is 9.59 Å². The summed E-state index contributed by atoms with van der Waals surface area (Å²) in [6.07, 6.45) is 1.93. The molecule has 2 aromatic rings. The van der Waals surface area contributed by atoms with Crippen LogP contribution in [0.4, 0.5) is 4.79 Å². The fourth-order valence-electron chi connectivity index (χ4n) is 3.59. The van der Waals surface area contributed by atoms with Crippen LogP contribution in [0.3, 0.4) is 0 Å². The van der Waals surface area contributed by atoms with Gasteiger partial charge >= 0.3 is 12.1 Å². The third kappa shape index (κ3) is 5.32. The van der Waals surface area contributed by atoms with E-state index in [1.807, 2.05) is 24.3 Å². The highest BCUT2D eigenvalue weighted by molar-refractivity contribution is 7.99. The number of amides is 1. The summed E-state index contributed by atoms with van der Waals surface area (Å²) in [5.74, 6) is 0.629. The molecule has 1 unspecified atom stereocenters. The van der Waals surface area contributed by atoms with E-state index in [1.54, 1.807) is 11.8 Å². The fourth-order valence-corrected chi connectivity index (χ4v) is 4.69. The Kier molecular flexibility index (Phi) is 7.58. The number of hydrogen-bond donors (Lipinski definition) is 2. The first kappa shape index (κ1) is 21.2. The zero-order valence-corrected chi connectivity index (χ0v) is 17.4. The van der Waals surface area contributed by atoms with Gasteiger partial charge in [-0.3, -0.25) is 0 Å². The Labute approximate surface area is 175 Å². The number of carbonyl (C=O) groups excluding carboxylic acids is 1. The second kappa shape index (κ2) is 10.3. The van der Waals surface area contributed by atoms with Crippen LogP contribution in [-0.4, -0.2) is 41.3 Å². The molecule has 29 heavy (non-hydrogen) atoms. The van der Waals surface area contributed by atoms with Gasteiger partial charge in [0.15, 0.2) is 0 Å². The molecule has 0 bridgehead atoms. The molecule has 0 fully saturated rings. The number of unbranched alkanes of at least 4 members (excludes halogenated alkanes) is 1. The molecule has 3 rings (SSSR count). The molecule has 1 amide bonds. The third-order valence-corrected chi connectivity index (χ3v) is 6.23. The number of aliphatic carboxylic acids is 1. The first-order chi connectivity index (χ1) is 14.1. The molecule has 0 spiro atoms. The van der Waals surface area contributed by atoms with Gasteiger partial charge in [0.25, 0.3) is 0 Å². The summed E-state index contributed by atoms with van der Waals surface area (Å²) >= 11 is 1.71. The molecule has 0 saturated heterocycles. The van der Waals surface area contributed by atoms with Gasteiger partial charge in [-0.05, 0) is 46.6 Å². The molecule has 0 aromatic heterocycles. The molecule has 0 heterocycles. The van der Waals surface area contributed by atoms with Gasteiger partial charge in [-0.1, -0.05) is 61.9 Å². The number of ether oxygens (including phenoxy) is 1. The lowest BCUT2D eigenvalue weighted by Crippen LogP contribution is -2.41. The van der Waals surface area contributed by atoms with E-state index in [2.05, 4.69) is 36.5 Å². The Balaban J connectivity index is 1.56. The molecular weight excluding hydrogens is 386 g/mol. The minimum atomic E-state index is -1.03. The number of rotatable bonds is 10. The lowest BCUT2D eigenvalue weighted by Gasteiger charge is -2.17. The second-order valence-corrected chi connectivity index (χ2v) is 8.34.